The summed E-state index contributed by atoms with van der Waals surface area (Å²) in [5.74, 6) is 1.64. The molecule has 0 aromatic heterocycles. The maximum Gasteiger partial charge on any atom is 0.303 e. The first-order chi connectivity index (χ1) is 15.2. The number of nitrogens with zero attached hydrogens (tertiary/aromatic N) is 1. The highest BCUT2D eigenvalue weighted by Crippen LogP contribution is 2.16. The van der Waals surface area contributed by atoms with E-state index in [1.807, 2.05) is 72.8 Å². The van der Waals surface area contributed by atoms with Crippen molar-refractivity contribution in [3.8, 4) is 12.3 Å². The van der Waals surface area contributed by atoms with Gasteiger partial charge in [0.1, 0.15) is 5.71 Å². The number of hydrogen-bond donors (Lipinski definition) is 2. The molecule has 0 aliphatic rings. The van der Waals surface area contributed by atoms with Gasteiger partial charge in [0, 0.05) is 29.8 Å². The summed E-state index contributed by atoms with van der Waals surface area (Å²) < 4.78 is 0. The van der Waals surface area contributed by atoms with Crippen LogP contribution in [0, 0.1) is 12.3 Å². The molecule has 0 saturated heterocycles. The maximum atomic E-state index is 10.7. The number of aliphatic carboxylic acids is 1. The average Bonchev–Trinajstić information content (AvgIpc) is 2.80. The summed E-state index contributed by atoms with van der Waals surface area (Å²) in [4.78, 5) is 16.0. The van der Waals surface area contributed by atoms with Crippen molar-refractivity contribution >= 4 is 17.4 Å². The van der Waals surface area contributed by atoms with Gasteiger partial charge < -0.3 is 15.3 Å². The Kier molecular flexibility index (Phi) is 7.84. The van der Waals surface area contributed by atoms with Crippen molar-refractivity contribution in [2.45, 2.75) is 19.4 Å². The summed E-state index contributed by atoms with van der Waals surface area (Å²) in [7, 11) is 0. The molecule has 0 atom stereocenters. The van der Waals surface area contributed by atoms with Gasteiger partial charge in [-0.1, -0.05) is 71.7 Å². The van der Waals surface area contributed by atoms with Crippen LogP contribution in [0.5, 0.6) is 0 Å². The molecule has 2 N–H and O–H groups in total. The zero-order valence-electron chi connectivity index (χ0n) is 17.1. The minimum atomic E-state index is -0.787. The van der Waals surface area contributed by atoms with E-state index in [0.717, 1.165) is 33.7 Å². The Labute approximate surface area is 182 Å². The molecule has 0 spiro atoms. The van der Waals surface area contributed by atoms with Crippen molar-refractivity contribution in [2.24, 2.45) is 5.16 Å². The number of oxime groups is 1. The number of aryl methyl sites for hydroxylation is 1. The van der Waals surface area contributed by atoms with Crippen molar-refractivity contribution in [3.05, 3.63) is 101 Å². The fourth-order valence-corrected chi connectivity index (χ4v) is 3.08. The van der Waals surface area contributed by atoms with Gasteiger partial charge in [-0.25, -0.2) is 0 Å². The lowest BCUT2D eigenvalue weighted by atomic mass is 10.0. The number of hydrogen-bond acceptors (Lipinski definition) is 4. The molecule has 0 fully saturated rings. The highest BCUT2D eigenvalue weighted by atomic mass is 16.6. The third-order valence-electron chi connectivity index (χ3n) is 4.63. The molecule has 0 heterocycles. The normalized spacial score (nSPS) is 10.9. The van der Waals surface area contributed by atoms with Crippen molar-refractivity contribution in [2.75, 3.05) is 11.9 Å². The highest BCUT2D eigenvalue weighted by Gasteiger charge is 2.09. The van der Waals surface area contributed by atoms with Gasteiger partial charge in [0.15, 0.2) is 6.61 Å². The predicted molar refractivity (Wildman–Crippen MR) is 123 cm³/mol. The van der Waals surface area contributed by atoms with Gasteiger partial charge in [-0.15, -0.1) is 6.42 Å². The summed E-state index contributed by atoms with van der Waals surface area (Å²) >= 11 is 0. The van der Waals surface area contributed by atoms with Gasteiger partial charge in [0.2, 0.25) is 0 Å². The second-order valence-electron chi connectivity index (χ2n) is 6.93. The van der Waals surface area contributed by atoms with E-state index in [4.69, 9.17) is 16.4 Å². The van der Waals surface area contributed by atoms with Gasteiger partial charge in [0.05, 0.1) is 0 Å². The van der Waals surface area contributed by atoms with Crippen molar-refractivity contribution in [1.29, 1.82) is 0 Å². The van der Waals surface area contributed by atoms with Gasteiger partial charge in [0.25, 0.3) is 0 Å². The molecule has 0 radical (unpaired) electrons. The van der Waals surface area contributed by atoms with Crippen molar-refractivity contribution in [1.82, 2.24) is 0 Å². The second kappa shape index (κ2) is 11.2. The van der Waals surface area contributed by atoms with Crippen LogP contribution in [-0.2, 0) is 22.6 Å². The maximum absolute atomic E-state index is 10.7. The summed E-state index contributed by atoms with van der Waals surface area (Å²) in [6.07, 6.45) is 5.94. The summed E-state index contributed by atoms with van der Waals surface area (Å²) in [5.41, 5.74) is 5.67. The lowest BCUT2D eigenvalue weighted by Gasteiger charge is -2.11. The van der Waals surface area contributed by atoms with E-state index in [1.54, 1.807) is 0 Å². The summed E-state index contributed by atoms with van der Waals surface area (Å²) in [5, 5.41) is 16.5. The van der Waals surface area contributed by atoms with Crippen LogP contribution in [0.15, 0.2) is 84.0 Å². The molecule has 31 heavy (non-hydrogen) atoms. The van der Waals surface area contributed by atoms with Gasteiger partial charge in [-0.3, -0.25) is 4.79 Å². The molecule has 3 rings (SSSR count). The number of anilines is 1. The monoisotopic (exact) mass is 412 g/mol. The minimum absolute atomic E-state index is 0.111. The third kappa shape index (κ3) is 6.76. The Bertz CT molecular complexity index is 1070. The fourth-order valence-electron chi connectivity index (χ4n) is 3.08. The number of terminal acetylenes is 1. The molecule has 0 amide bonds. The lowest BCUT2D eigenvalue weighted by molar-refractivity contribution is -0.136. The highest BCUT2D eigenvalue weighted by molar-refractivity contribution is 6.12. The van der Waals surface area contributed by atoms with Gasteiger partial charge >= 0.3 is 5.97 Å². The Morgan fingerprint density at radius 3 is 2.42 bits per heavy atom. The Balaban J connectivity index is 1.70. The first kappa shape index (κ1) is 21.7. The van der Waals surface area contributed by atoms with Gasteiger partial charge in [-0.2, -0.15) is 0 Å². The average molecular weight is 412 g/mol. The van der Waals surface area contributed by atoms with Crippen molar-refractivity contribution < 1.29 is 14.7 Å². The van der Waals surface area contributed by atoms with Crippen LogP contribution in [0.25, 0.3) is 0 Å². The van der Waals surface area contributed by atoms with Crippen LogP contribution in [0.4, 0.5) is 5.69 Å². The molecule has 5 heteroatoms. The van der Waals surface area contributed by atoms with Crippen LogP contribution < -0.4 is 5.32 Å². The third-order valence-corrected chi connectivity index (χ3v) is 4.63. The predicted octanol–water partition coefficient (Wildman–Crippen LogP) is 4.72. The molecule has 0 unspecified atom stereocenters. The first-order valence-corrected chi connectivity index (χ1v) is 9.98. The van der Waals surface area contributed by atoms with Crippen LogP contribution >= 0.6 is 0 Å². The SMILES string of the molecule is C#CCON=C(c1ccccc1)c1cccc(CNc2ccc(CCC(=O)O)cc2)c1. The van der Waals surface area contributed by atoms with Crippen LogP contribution in [0.2, 0.25) is 0 Å². The lowest BCUT2D eigenvalue weighted by Crippen LogP contribution is -2.07. The van der Waals surface area contributed by atoms with E-state index in [-0.39, 0.29) is 13.0 Å². The topological polar surface area (TPSA) is 70.9 Å². The molecule has 5 nitrogen and oxygen atoms in total. The standard InChI is InChI=1S/C26H24N2O3/c1-2-17-31-28-26(22-8-4-3-5-9-22)23-10-6-7-21(18-23)19-27-24-14-11-20(12-15-24)13-16-25(29)30/h1,3-12,14-15,18,27H,13,16-17,19H2,(H,29,30). The van der Waals surface area contributed by atoms with E-state index in [0.29, 0.717) is 13.0 Å². The molecule has 0 bridgehead atoms. The van der Waals surface area contributed by atoms with Crippen LogP contribution in [0.1, 0.15) is 28.7 Å². The van der Waals surface area contributed by atoms with E-state index >= 15 is 0 Å². The number of carbonyl (C=O) groups is 1. The summed E-state index contributed by atoms with van der Waals surface area (Å²) in [6, 6.07) is 25.7. The van der Waals surface area contributed by atoms with Crippen molar-refractivity contribution in [3.63, 3.8) is 0 Å². The second-order valence-corrected chi connectivity index (χ2v) is 6.93. The molecule has 0 saturated carbocycles. The number of carboxylic acids is 1. The summed E-state index contributed by atoms with van der Waals surface area (Å²) in [6.45, 7) is 0.746. The van der Waals surface area contributed by atoms with Crippen LogP contribution in [-0.4, -0.2) is 23.4 Å². The Morgan fingerprint density at radius 2 is 1.71 bits per heavy atom. The largest absolute Gasteiger partial charge is 0.481 e. The van der Waals surface area contributed by atoms with E-state index < -0.39 is 5.97 Å². The smallest absolute Gasteiger partial charge is 0.303 e. The quantitative estimate of drug-likeness (QED) is 0.219. The molecular formula is C26H24N2O3. The zero-order valence-corrected chi connectivity index (χ0v) is 17.1. The molecule has 0 aliphatic carbocycles. The molecule has 156 valence electrons. The zero-order chi connectivity index (χ0) is 21.9. The van der Waals surface area contributed by atoms with E-state index in [2.05, 4.69) is 22.5 Å². The molecule has 3 aromatic rings. The molecule has 0 aliphatic heterocycles. The first-order valence-electron chi connectivity index (χ1n) is 9.98. The molecule has 3 aromatic carbocycles. The minimum Gasteiger partial charge on any atom is -0.481 e. The molecular weight excluding hydrogens is 388 g/mol. The number of nitrogens with one attached hydrogen (secondary N) is 1. The van der Waals surface area contributed by atoms with Crippen LogP contribution in [0.3, 0.4) is 0 Å². The Hall–Kier alpha value is -4.04. The number of benzene rings is 3. The van der Waals surface area contributed by atoms with Gasteiger partial charge in [-0.05, 0) is 35.7 Å². The van der Waals surface area contributed by atoms with E-state index in [1.165, 1.54) is 0 Å². The number of carboxylic acid groups (broad SMARTS) is 1. The Morgan fingerprint density at radius 1 is 0.968 bits per heavy atom. The fraction of sp³-hybridized carbons (Fsp3) is 0.154. The number of rotatable bonds is 10. The van der Waals surface area contributed by atoms with E-state index in [9.17, 15) is 4.79 Å².